The number of rotatable bonds is 3. The Balaban J connectivity index is 1.86. The number of ether oxygens (including phenoxy) is 2. The molecule has 1 amide bonds. The molecule has 2 aromatic rings. The van der Waals surface area contributed by atoms with Gasteiger partial charge in [-0.3, -0.25) is 9.48 Å². The van der Waals surface area contributed by atoms with Crippen LogP contribution in [0.3, 0.4) is 0 Å². The first-order valence-electron chi connectivity index (χ1n) is 6.62. The third kappa shape index (κ3) is 2.37. The van der Waals surface area contributed by atoms with E-state index in [9.17, 15) is 4.79 Å². The summed E-state index contributed by atoms with van der Waals surface area (Å²) >= 11 is 0. The van der Waals surface area contributed by atoms with Crippen molar-refractivity contribution in [3.8, 4) is 11.5 Å². The second-order valence-electron chi connectivity index (χ2n) is 4.74. The van der Waals surface area contributed by atoms with Gasteiger partial charge in [0.1, 0.15) is 5.69 Å². The number of nitrogens with two attached hydrogens (primary N) is 1. The fraction of sp³-hybridized carbons (Fsp3) is 0.286. The molecule has 1 aromatic carbocycles. The maximum Gasteiger partial charge on any atom is 0.273 e. The van der Waals surface area contributed by atoms with Crippen molar-refractivity contribution in [2.24, 2.45) is 7.05 Å². The van der Waals surface area contributed by atoms with Crippen LogP contribution in [0.5, 0.6) is 11.5 Å². The van der Waals surface area contributed by atoms with Crippen LogP contribution >= 0.6 is 0 Å². The van der Waals surface area contributed by atoms with Crippen molar-refractivity contribution in [1.29, 1.82) is 0 Å². The Morgan fingerprint density at radius 2 is 2.10 bits per heavy atom. The Bertz CT molecular complexity index is 708. The van der Waals surface area contributed by atoms with E-state index in [1.165, 1.54) is 0 Å². The molecule has 1 aliphatic heterocycles. The number of amides is 1. The van der Waals surface area contributed by atoms with Crippen molar-refractivity contribution < 1.29 is 14.3 Å². The molecule has 7 heteroatoms. The van der Waals surface area contributed by atoms with Crippen LogP contribution in [0, 0.1) is 0 Å². The normalized spacial score (nSPS) is 12.5. The maximum atomic E-state index is 12.3. The Hall–Kier alpha value is -2.70. The number of nitrogens with one attached hydrogen (secondary N) is 1. The standard InChI is InChI=1S/C14H16N4O3/c1-3-8-4-11(18(2)17-8)14(19)16-10-6-13-12(5-9(10)15)20-7-21-13/h4-6H,3,7,15H2,1-2H3,(H,16,19). The van der Waals surface area contributed by atoms with Crippen LogP contribution in [0.1, 0.15) is 23.1 Å². The second kappa shape index (κ2) is 5.01. The van der Waals surface area contributed by atoms with Crippen LogP contribution in [0.2, 0.25) is 0 Å². The van der Waals surface area contributed by atoms with E-state index in [4.69, 9.17) is 15.2 Å². The highest BCUT2D eigenvalue weighted by Gasteiger charge is 2.19. The van der Waals surface area contributed by atoms with Gasteiger partial charge in [0.05, 0.1) is 17.1 Å². The Labute approximate surface area is 121 Å². The Morgan fingerprint density at radius 1 is 1.38 bits per heavy atom. The fourth-order valence-corrected chi connectivity index (χ4v) is 2.16. The first-order chi connectivity index (χ1) is 10.1. The predicted octanol–water partition coefficient (Wildman–Crippen LogP) is 1.55. The lowest BCUT2D eigenvalue weighted by molar-refractivity contribution is 0.101. The van der Waals surface area contributed by atoms with E-state index < -0.39 is 0 Å². The molecule has 0 aliphatic carbocycles. The number of hydrogen-bond acceptors (Lipinski definition) is 5. The van der Waals surface area contributed by atoms with E-state index in [-0.39, 0.29) is 12.7 Å². The number of aryl methyl sites for hydroxylation is 2. The molecule has 1 aliphatic rings. The fourth-order valence-electron chi connectivity index (χ4n) is 2.16. The summed E-state index contributed by atoms with van der Waals surface area (Å²) in [6.07, 6.45) is 0.771. The smallest absolute Gasteiger partial charge is 0.273 e. The maximum absolute atomic E-state index is 12.3. The topological polar surface area (TPSA) is 91.4 Å². The van der Waals surface area contributed by atoms with Crippen LogP contribution in [0.15, 0.2) is 18.2 Å². The van der Waals surface area contributed by atoms with Gasteiger partial charge in [-0.2, -0.15) is 5.10 Å². The summed E-state index contributed by atoms with van der Waals surface area (Å²) in [5.41, 5.74) is 8.17. The molecule has 0 saturated heterocycles. The quantitative estimate of drug-likeness (QED) is 0.836. The lowest BCUT2D eigenvalue weighted by Crippen LogP contribution is -2.16. The molecule has 2 heterocycles. The van der Waals surface area contributed by atoms with Crippen molar-refractivity contribution in [3.63, 3.8) is 0 Å². The molecule has 0 atom stereocenters. The number of hydrogen-bond donors (Lipinski definition) is 2. The summed E-state index contributed by atoms with van der Waals surface area (Å²) in [6, 6.07) is 5.06. The summed E-state index contributed by atoms with van der Waals surface area (Å²) in [5, 5.41) is 7.03. The molecule has 3 N–H and O–H groups in total. The molecule has 3 rings (SSSR count). The summed E-state index contributed by atoms with van der Waals surface area (Å²) in [5.74, 6) is 0.883. The van der Waals surface area contributed by atoms with Gasteiger partial charge >= 0.3 is 0 Å². The Morgan fingerprint density at radius 3 is 2.76 bits per heavy atom. The SMILES string of the molecule is CCc1cc(C(=O)Nc2cc3c(cc2N)OCO3)n(C)n1. The zero-order chi connectivity index (χ0) is 15.0. The van der Waals surface area contributed by atoms with E-state index in [2.05, 4.69) is 10.4 Å². The molecule has 110 valence electrons. The van der Waals surface area contributed by atoms with Gasteiger partial charge in [-0.05, 0) is 12.5 Å². The van der Waals surface area contributed by atoms with E-state index in [0.717, 1.165) is 12.1 Å². The number of benzene rings is 1. The number of anilines is 2. The number of fused-ring (bicyclic) bond motifs is 1. The molecule has 1 aromatic heterocycles. The lowest BCUT2D eigenvalue weighted by atomic mass is 10.2. The van der Waals surface area contributed by atoms with Crippen LogP contribution in [0.25, 0.3) is 0 Å². The summed E-state index contributed by atoms with van der Waals surface area (Å²) in [7, 11) is 1.73. The third-order valence-electron chi connectivity index (χ3n) is 3.32. The van der Waals surface area contributed by atoms with Crippen LogP contribution < -0.4 is 20.5 Å². The summed E-state index contributed by atoms with van der Waals surface area (Å²) in [6.45, 7) is 2.15. The zero-order valence-corrected chi connectivity index (χ0v) is 11.8. The summed E-state index contributed by atoms with van der Waals surface area (Å²) in [4.78, 5) is 12.3. The monoisotopic (exact) mass is 288 g/mol. The minimum absolute atomic E-state index is 0.160. The van der Waals surface area contributed by atoms with Crippen molar-refractivity contribution in [3.05, 3.63) is 29.6 Å². The largest absolute Gasteiger partial charge is 0.454 e. The zero-order valence-electron chi connectivity index (χ0n) is 11.8. The van der Waals surface area contributed by atoms with Gasteiger partial charge in [0.25, 0.3) is 5.91 Å². The molecule has 0 radical (unpaired) electrons. The minimum Gasteiger partial charge on any atom is -0.454 e. The van der Waals surface area contributed by atoms with Crippen LogP contribution in [-0.4, -0.2) is 22.5 Å². The van der Waals surface area contributed by atoms with Gasteiger partial charge in [-0.15, -0.1) is 0 Å². The van der Waals surface area contributed by atoms with Crippen LogP contribution in [0.4, 0.5) is 11.4 Å². The number of carbonyl (C=O) groups is 1. The van der Waals surface area contributed by atoms with Gasteiger partial charge in [-0.1, -0.05) is 6.92 Å². The third-order valence-corrected chi connectivity index (χ3v) is 3.32. The number of aromatic nitrogens is 2. The lowest BCUT2D eigenvalue weighted by Gasteiger charge is -2.09. The summed E-state index contributed by atoms with van der Waals surface area (Å²) < 4.78 is 12.1. The molecule has 7 nitrogen and oxygen atoms in total. The first kappa shape index (κ1) is 13.3. The van der Waals surface area contributed by atoms with Gasteiger partial charge < -0.3 is 20.5 Å². The van der Waals surface area contributed by atoms with E-state index in [1.54, 1.807) is 29.9 Å². The van der Waals surface area contributed by atoms with Gasteiger partial charge in [0.2, 0.25) is 6.79 Å². The van der Waals surface area contributed by atoms with Crippen LogP contribution in [-0.2, 0) is 13.5 Å². The average Bonchev–Trinajstić information content (AvgIpc) is 3.05. The van der Waals surface area contributed by atoms with E-state index >= 15 is 0 Å². The first-order valence-corrected chi connectivity index (χ1v) is 6.62. The second-order valence-corrected chi connectivity index (χ2v) is 4.74. The van der Waals surface area contributed by atoms with Crippen molar-refractivity contribution in [2.45, 2.75) is 13.3 Å². The molecule has 0 spiro atoms. The predicted molar refractivity (Wildman–Crippen MR) is 77.5 cm³/mol. The highest BCUT2D eigenvalue weighted by molar-refractivity contribution is 6.05. The van der Waals surface area contributed by atoms with E-state index in [0.29, 0.717) is 28.6 Å². The molecular weight excluding hydrogens is 272 g/mol. The highest BCUT2D eigenvalue weighted by atomic mass is 16.7. The van der Waals surface area contributed by atoms with E-state index in [1.807, 2.05) is 6.92 Å². The molecular formula is C14H16N4O3. The molecule has 0 unspecified atom stereocenters. The van der Waals surface area contributed by atoms with Crippen molar-refractivity contribution in [2.75, 3.05) is 17.8 Å². The number of carbonyl (C=O) groups excluding carboxylic acids is 1. The highest BCUT2D eigenvalue weighted by Crippen LogP contribution is 2.38. The van der Waals surface area contributed by atoms with Crippen molar-refractivity contribution >= 4 is 17.3 Å². The minimum atomic E-state index is -0.268. The average molecular weight is 288 g/mol. The van der Waals surface area contributed by atoms with Gasteiger partial charge in [0, 0.05) is 19.2 Å². The molecule has 0 fully saturated rings. The number of nitrogen functional groups attached to an aromatic ring is 1. The van der Waals surface area contributed by atoms with Gasteiger partial charge in [-0.25, -0.2) is 0 Å². The molecule has 0 saturated carbocycles. The van der Waals surface area contributed by atoms with Gasteiger partial charge in [0.15, 0.2) is 11.5 Å². The molecule has 0 bridgehead atoms. The molecule has 21 heavy (non-hydrogen) atoms. The Kier molecular flexibility index (Phi) is 3.17. The number of nitrogens with zero attached hydrogens (tertiary/aromatic N) is 2. The van der Waals surface area contributed by atoms with Crippen molar-refractivity contribution in [1.82, 2.24) is 9.78 Å².